The summed E-state index contributed by atoms with van der Waals surface area (Å²) in [6, 6.07) is 3.42. The predicted octanol–water partition coefficient (Wildman–Crippen LogP) is 2.37. The Bertz CT molecular complexity index is 414. The van der Waals surface area contributed by atoms with Crippen LogP contribution in [-0.4, -0.2) is 19.8 Å². The van der Waals surface area contributed by atoms with Crippen molar-refractivity contribution in [3.63, 3.8) is 0 Å². The molecule has 0 aliphatic heterocycles. The predicted molar refractivity (Wildman–Crippen MR) is 67.3 cm³/mol. The zero-order valence-electron chi connectivity index (χ0n) is 8.66. The molecule has 15 heavy (non-hydrogen) atoms. The molecule has 0 aromatic carbocycles. The fraction of sp³-hybridized carbons (Fsp3) is 0.556. The van der Waals surface area contributed by atoms with Gasteiger partial charge in [0.25, 0.3) is 0 Å². The second-order valence-corrected chi connectivity index (χ2v) is 7.01. The number of nitrogens with one attached hydrogen (secondary N) is 1. The maximum Gasteiger partial charge on any atom is 0.250 e. The first-order valence-corrected chi connectivity index (χ1v) is 8.08. The van der Waals surface area contributed by atoms with Gasteiger partial charge in [0.2, 0.25) is 10.0 Å². The zero-order chi connectivity index (χ0) is 11.5. The summed E-state index contributed by atoms with van der Waals surface area (Å²) >= 11 is 4.56. The minimum atomic E-state index is -3.32. The van der Waals surface area contributed by atoms with Crippen LogP contribution < -0.4 is 4.72 Å². The van der Waals surface area contributed by atoms with E-state index in [-0.39, 0.29) is 6.04 Å². The molecule has 0 saturated carbocycles. The van der Waals surface area contributed by atoms with Crippen LogP contribution >= 0.6 is 27.3 Å². The van der Waals surface area contributed by atoms with Gasteiger partial charge in [-0.3, -0.25) is 0 Å². The monoisotopic (exact) mass is 311 g/mol. The number of hydrogen-bond acceptors (Lipinski definition) is 3. The molecule has 1 rings (SSSR count). The van der Waals surface area contributed by atoms with Crippen LogP contribution in [0.15, 0.2) is 16.3 Å². The average molecular weight is 312 g/mol. The molecule has 86 valence electrons. The second kappa shape index (κ2) is 5.43. The molecule has 1 aromatic rings. The topological polar surface area (TPSA) is 46.2 Å². The molecule has 0 amide bonds. The molecule has 1 atom stereocenters. The summed E-state index contributed by atoms with van der Waals surface area (Å²) in [7, 11) is -3.32. The molecule has 0 saturated heterocycles. The Morgan fingerprint density at radius 2 is 2.20 bits per heavy atom. The van der Waals surface area contributed by atoms with Gasteiger partial charge in [-0.05, 0) is 25.5 Å². The van der Waals surface area contributed by atoms with Crippen molar-refractivity contribution in [3.8, 4) is 0 Å². The summed E-state index contributed by atoms with van der Waals surface area (Å²) in [6.07, 6.45) is 0.869. The van der Waals surface area contributed by atoms with Gasteiger partial charge in [-0.25, -0.2) is 13.1 Å². The smallest absolute Gasteiger partial charge is 0.207 e. The van der Waals surface area contributed by atoms with E-state index in [4.69, 9.17) is 0 Å². The average Bonchev–Trinajstić information content (AvgIpc) is 2.65. The Labute approximate surface area is 103 Å². The molecule has 0 radical (unpaired) electrons. The summed E-state index contributed by atoms with van der Waals surface area (Å²) in [5.74, 6) is 0. The molecule has 6 heteroatoms. The van der Waals surface area contributed by atoms with Crippen molar-refractivity contribution < 1.29 is 8.42 Å². The van der Waals surface area contributed by atoms with Gasteiger partial charge in [-0.2, -0.15) is 0 Å². The van der Waals surface area contributed by atoms with Crippen LogP contribution in [0, 0.1) is 0 Å². The van der Waals surface area contributed by atoms with Crippen molar-refractivity contribution in [2.45, 2.75) is 30.5 Å². The van der Waals surface area contributed by atoms with Crippen molar-refractivity contribution in [3.05, 3.63) is 17.0 Å². The van der Waals surface area contributed by atoms with Gasteiger partial charge < -0.3 is 0 Å². The molecular formula is C9H14BrNO2S2. The number of hydrogen-bond donors (Lipinski definition) is 1. The SMILES string of the molecule is CCc1ccc(S(=O)(=O)NC(C)CBr)s1. The molecule has 0 bridgehead atoms. The van der Waals surface area contributed by atoms with Gasteiger partial charge in [-0.1, -0.05) is 22.9 Å². The molecule has 1 unspecified atom stereocenters. The van der Waals surface area contributed by atoms with Crippen LogP contribution in [0.1, 0.15) is 18.7 Å². The third-order valence-corrected chi connectivity index (χ3v) is 6.12. The molecular weight excluding hydrogens is 298 g/mol. The van der Waals surface area contributed by atoms with Gasteiger partial charge in [0.1, 0.15) is 4.21 Å². The van der Waals surface area contributed by atoms with E-state index in [2.05, 4.69) is 20.7 Å². The quantitative estimate of drug-likeness (QED) is 0.849. The number of alkyl halides is 1. The summed E-state index contributed by atoms with van der Waals surface area (Å²) in [5, 5.41) is 0.609. The third-order valence-electron chi connectivity index (χ3n) is 1.84. The van der Waals surface area contributed by atoms with Crippen molar-refractivity contribution in [2.24, 2.45) is 0 Å². The lowest BCUT2D eigenvalue weighted by Gasteiger charge is -2.09. The Morgan fingerprint density at radius 1 is 1.53 bits per heavy atom. The molecule has 1 heterocycles. The summed E-state index contributed by atoms with van der Waals surface area (Å²) in [4.78, 5) is 1.09. The fourth-order valence-electron chi connectivity index (χ4n) is 1.05. The number of halogens is 1. The van der Waals surface area contributed by atoms with Crippen molar-refractivity contribution in [2.75, 3.05) is 5.33 Å². The normalized spacial score (nSPS) is 14.1. The van der Waals surface area contributed by atoms with Gasteiger partial charge >= 0.3 is 0 Å². The maximum absolute atomic E-state index is 11.8. The first kappa shape index (κ1) is 13.2. The molecule has 3 nitrogen and oxygen atoms in total. The lowest BCUT2D eigenvalue weighted by atomic mass is 10.4. The standard InChI is InChI=1S/C9H14BrNO2S2/c1-3-8-4-5-9(14-8)15(12,13)11-7(2)6-10/h4-5,7,11H,3,6H2,1-2H3. The number of thiophene rings is 1. The first-order chi connectivity index (χ1) is 6.99. The zero-order valence-corrected chi connectivity index (χ0v) is 11.9. The van der Waals surface area contributed by atoms with Gasteiger partial charge in [0.05, 0.1) is 0 Å². The van der Waals surface area contributed by atoms with E-state index in [1.165, 1.54) is 11.3 Å². The minimum Gasteiger partial charge on any atom is -0.207 e. The first-order valence-electron chi connectivity index (χ1n) is 4.66. The third kappa shape index (κ3) is 3.55. The fourth-order valence-corrected chi connectivity index (χ4v) is 3.98. The van der Waals surface area contributed by atoms with Crippen molar-refractivity contribution in [1.29, 1.82) is 0 Å². The van der Waals surface area contributed by atoms with E-state index in [1.807, 2.05) is 19.9 Å². The summed E-state index contributed by atoms with van der Waals surface area (Å²) in [6.45, 7) is 3.83. The van der Waals surface area contributed by atoms with Crippen LogP contribution in [0.25, 0.3) is 0 Å². The highest BCUT2D eigenvalue weighted by atomic mass is 79.9. The lowest BCUT2D eigenvalue weighted by Crippen LogP contribution is -2.33. The molecule has 1 N–H and O–H groups in total. The van der Waals surface area contributed by atoms with Crippen LogP contribution in [0.4, 0.5) is 0 Å². The van der Waals surface area contributed by atoms with Crippen LogP contribution in [-0.2, 0) is 16.4 Å². The summed E-state index contributed by atoms with van der Waals surface area (Å²) < 4.78 is 26.6. The van der Waals surface area contributed by atoms with Crippen molar-refractivity contribution >= 4 is 37.3 Å². The molecule has 0 fully saturated rings. The highest BCUT2D eigenvalue weighted by Crippen LogP contribution is 2.21. The van der Waals surface area contributed by atoms with Gasteiger partial charge in [0.15, 0.2) is 0 Å². The Kier molecular flexibility index (Phi) is 4.76. The van der Waals surface area contributed by atoms with Gasteiger partial charge in [0, 0.05) is 16.2 Å². The van der Waals surface area contributed by atoms with Crippen LogP contribution in [0.3, 0.4) is 0 Å². The van der Waals surface area contributed by atoms with Crippen molar-refractivity contribution in [1.82, 2.24) is 4.72 Å². The van der Waals surface area contributed by atoms with E-state index in [0.717, 1.165) is 11.3 Å². The Morgan fingerprint density at radius 3 is 2.67 bits per heavy atom. The Balaban J connectivity index is 2.86. The van der Waals surface area contributed by atoms with Crippen LogP contribution in [0.2, 0.25) is 0 Å². The second-order valence-electron chi connectivity index (χ2n) is 3.25. The molecule has 1 aromatic heterocycles. The highest BCUT2D eigenvalue weighted by Gasteiger charge is 2.18. The molecule has 0 spiro atoms. The lowest BCUT2D eigenvalue weighted by molar-refractivity contribution is 0.573. The maximum atomic E-state index is 11.8. The number of aryl methyl sites for hydroxylation is 1. The van der Waals surface area contributed by atoms with E-state index in [1.54, 1.807) is 6.07 Å². The van der Waals surface area contributed by atoms with Crippen LogP contribution in [0.5, 0.6) is 0 Å². The molecule has 0 aliphatic carbocycles. The van der Waals surface area contributed by atoms with E-state index in [9.17, 15) is 8.42 Å². The number of sulfonamides is 1. The largest absolute Gasteiger partial charge is 0.250 e. The van der Waals surface area contributed by atoms with E-state index >= 15 is 0 Å². The van der Waals surface area contributed by atoms with E-state index < -0.39 is 10.0 Å². The Hall–Kier alpha value is 0.0900. The molecule has 0 aliphatic rings. The van der Waals surface area contributed by atoms with Gasteiger partial charge in [-0.15, -0.1) is 11.3 Å². The minimum absolute atomic E-state index is 0.0952. The number of rotatable bonds is 5. The highest BCUT2D eigenvalue weighted by molar-refractivity contribution is 9.09. The summed E-state index contributed by atoms with van der Waals surface area (Å²) in [5.41, 5.74) is 0. The van der Waals surface area contributed by atoms with E-state index in [0.29, 0.717) is 9.54 Å².